The summed E-state index contributed by atoms with van der Waals surface area (Å²) in [4.78, 5) is 11.6. The second-order valence-corrected chi connectivity index (χ2v) is 6.17. The summed E-state index contributed by atoms with van der Waals surface area (Å²) in [5.41, 5.74) is 3.07. The molecule has 108 valence electrons. The maximum absolute atomic E-state index is 6.07. The molecule has 0 aliphatic carbocycles. The number of alkyl halides is 1. The molecule has 4 nitrogen and oxygen atoms in total. The zero-order valence-electron chi connectivity index (χ0n) is 12.1. The van der Waals surface area contributed by atoms with Crippen molar-refractivity contribution in [3.05, 3.63) is 23.7 Å². The van der Waals surface area contributed by atoms with Crippen molar-refractivity contribution in [2.75, 3.05) is 20.1 Å². The summed E-state index contributed by atoms with van der Waals surface area (Å²) in [7, 11) is 2.20. The lowest BCUT2D eigenvalue weighted by Crippen LogP contribution is -2.34. The number of nitrogens with zero attached hydrogens (tertiary/aromatic N) is 4. The molecule has 1 aliphatic rings. The molecule has 2 aromatic heterocycles. The maximum atomic E-state index is 6.07. The number of fused-ring (bicyclic) bond motifs is 1. The lowest BCUT2D eigenvalue weighted by Gasteiger charge is -2.30. The highest BCUT2D eigenvalue weighted by atomic mass is 35.5. The van der Waals surface area contributed by atoms with E-state index in [-0.39, 0.29) is 0 Å². The van der Waals surface area contributed by atoms with Crippen molar-refractivity contribution in [1.82, 2.24) is 19.4 Å². The number of likely N-dealkylation sites (tertiary alicyclic amines) is 1. The second-order valence-electron chi connectivity index (χ2n) is 5.90. The molecule has 0 radical (unpaired) electrons. The van der Waals surface area contributed by atoms with Crippen LogP contribution in [0.1, 0.15) is 24.2 Å². The van der Waals surface area contributed by atoms with Crippen LogP contribution in [-0.4, -0.2) is 39.6 Å². The van der Waals surface area contributed by atoms with Gasteiger partial charge in [0.05, 0.1) is 5.88 Å². The Balaban J connectivity index is 1.93. The van der Waals surface area contributed by atoms with E-state index in [9.17, 15) is 0 Å². The van der Waals surface area contributed by atoms with Crippen LogP contribution in [0.5, 0.6) is 0 Å². The Kier molecular flexibility index (Phi) is 3.94. The van der Waals surface area contributed by atoms with Crippen LogP contribution < -0.4 is 0 Å². The van der Waals surface area contributed by atoms with Crippen LogP contribution in [0.2, 0.25) is 0 Å². The summed E-state index contributed by atoms with van der Waals surface area (Å²) in [6.07, 6.45) is 4.46. The first kappa shape index (κ1) is 13.8. The minimum atomic E-state index is 0.442. The van der Waals surface area contributed by atoms with Gasteiger partial charge < -0.3 is 9.47 Å². The van der Waals surface area contributed by atoms with Gasteiger partial charge in [0.15, 0.2) is 5.65 Å². The molecule has 3 rings (SSSR count). The van der Waals surface area contributed by atoms with Crippen molar-refractivity contribution >= 4 is 22.8 Å². The predicted octanol–water partition coefficient (Wildman–Crippen LogP) is 2.82. The first-order chi connectivity index (χ1) is 9.67. The number of hydrogen-bond acceptors (Lipinski definition) is 3. The third-order valence-corrected chi connectivity index (χ3v) is 4.32. The first-order valence-electron chi connectivity index (χ1n) is 7.23. The molecule has 20 heavy (non-hydrogen) atoms. The van der Waals surface area contributed by atoms with E-state index in [4.69, 9.17) is 11.6 Å². The summed E-state index contributed by atoms with van der Waals surface area (Å²) < 4.78 is 2.21. The average Bonchev–Trinajstić information content (AvgIpc) is 2.76. The van der Waals surface area contributed by atoms with E-state index in [1.165, 1.54) is 19.4 Å². The average molecular weight is 293 g/mol. The molecule has 5 heteroatoms. The van der Waals surface area contributed by atoms with Gasteiger partial charge in [-0.3, -0.25) is 0 Å². The monoisotopic (exact) mass is 292 g/mol. The molecule has 1 fully saturated rings. The van der Waals surface area contributed by atoms with Gasteiger partial charge in [0.1, 0.15) is 11.3 Å². The predicted molar refractivity (Wildman–Crippen MR) is 82.0 cm³/mol. The van der Waals surface area contributed by atoms with Crippen molar-refractivity contribution in [3.63, 3.8) is 0 Å². The standard InChI is InChI=1S/C15H21ClN4/c1-11-6-13-15(17-8-11)20(14(7-16)18-13)10-12-4-3-5-19(2)9-12/h6,8,12H,3-5,7,9-10H2,1-2H3. The molecule has 1 atom stereocenters. The minimum Gasteiger partial charge on any atom is -0.311 e. The molecular formula is C15H21ClN4. The fourth-order valence-corrected chi connectivity index (χ4v) is 3.34. The van der Waals surface area contributed by atoms with Gasteiger partial charge in [-0.15, -0.1) is 11.6 Å². The van der Waals surface area contributed by atoms with Crippen LogP contribution >= 0.6 is 11.6 Å². The van der Waals surface area contributed by atoms with E-state index in [2.05, 4.69) is 32.5 Å². The largest absolute Gasteiger partial charge is 0.311 e. The van der Waals surface area contributed by atoms with Crippen LogP contribution in [0.15, 0.2) is 12.3 Å². The summed E-state index contributed by atoms with van der Waals surface area (Å²) in [6, 6.07) is 2.09. The van der Waals surface area contributed by atoms with Crippen LogP contribution in [0.4, 0.5) is 0 Å². The van der Waals surface area contributed by atoms with Crippen LogP contribution in [-0.2, 0) is 12.4 Å². The van der Waals surface area contributed by atoms with Gasteiger partial charge >= 0.3 is 0 Å². The smallest absolute Gasteiger partial charge is 0.160 e. The van der Waals surface area contributed by atoms with Crippen molar-refractivity contribution in [1.29, 1.82) is 0 Å². The highest BCUT2D eigenvalue weighted by molar-refractivity contribution is 6.16. The Hall–Kier alpha value is -1.13. The maximum Gasteiger partial charge on any atom is 0.160 e. The molecular weight excluding hydrogens is 272 g/mol. The number of piperidine rings is 1. The van der Waals surface area contributed by atoms with Crippen LogP contribution in [0.25, 0.3) is 11.2 Å². The van der Waals surface area contributed by atoms with Gasteiger partial charge in [-0.2, -0.15) is 0 Å². The SMILES string of the molecule is Cc1cnc2c(c1)nc(CCl)n2CC1CCCN(C)C1. The molecule has 1 aliphatic heterocycles. The van der Waals surface area contributed by atoms with E-state index in [0.717, 1.165) is 35.6 Å². The highest BCUT2D eigenvalue weighted by Crippen LogP contribution is 2.22. The molecule has 0 saturated carbocycles. The zero-order chi connectivity index (χ0) is 14.1. The Morgan fingerprint density at radius 2 is 2.30 bits per heavy atom. The quantitative estimate of drug-likeness (QED) is 0.816. The van der Waals surface area contributed by atoms with E-state index in [0.29, 0.717) is 11.8 Å². The number of halogens is 1. The van der Waals surface area contributed by atoms with E-state index in [1.807, 2.05) is 13.1 Å². The highest BCUT2D eigenvalue weighted by Gasteiger charge is 2.20. The zero-order valence-corrected chi connectivity index (χ0v) is 12.9. The van der Waals surface area contributed by atoms with Crippen molar-refractivity contribution in [2.45, 2.75) is 32.2 Å². The van der Waals surface area contributed by atoms with Gasteiger partial charge in [0.25, 0.3) is 0 Å². The van der Waals surface area contributed by atoms with Crippen molar-refractivity contribution in [2.24, 2.45) is 5.92 Å². The molecule has 2 aromatic rings. The topological polar surface area (TPSA) is 34.0 Å². The molecule has 0 bridgehead atoms. The van der Waals surface area contributed by atoms with Crippen LogP contribution in [0, 0.1) is 12.8 Å². The number of imidazole rings is 1. The number of aryl methyl sites for hydroxylation is 1. The van der Waals surface area contributed by atoms with Gasteiger partial charge in [-0.05, 0) is 50.9 Å². The lowest BCUT2D eigenvalue weighted by molar-refractivity contribution is 0.194. The van der Waals surface area contributed by atoms with Crippen molar-refractivity contribution in [3.8, 4) is 0 Å². The molecule has 0 N–H and O–H groups in total. The van der Waals surface area contributed by atoms with Gasteiger partial charge in [0.2, 0.25) is 0 Å². The number of pyridine rings is 1. The second kappa shape index (κ2) is 5.70. The molecule has 0 amide bonds. The molecule has 0 spiro atoms. The first-order valence-corrected chi connectivity index (χ1v) is 7.77. The Morgan fingerprint density at radius 1 is 1.45 bits per heavy atom. The molecule has 1 saturated heterocycles. The van der Waals surface area contributed by atoms with E-state index in [1.54, 1.807) is 0 Å². The number of hydrogen-bond donors (Lipinski definition) is 0. The summed E-state index contributed by atoms with van der Waals surface area (Å²) in [5.74, 6) is 2.04. The molecule has 0 aromatic carbocycles. The summed E-state index contributed by atoms with van der Waals surface area (Å²) in [5, 5.41) is 0. The Bertz CT molecular complexity index is 607. The fourth-order valence-electron chi connectivity index (χ4n) is 3.13. The van der Waals surface area contributed by atoms with Crippen molar-refractivity contribution < 1.29 is 0 Å². The minimum absolute atomic E-state index is 0.442. The Labute approximate surface area is 124 Å². The third kappa shape index (κ3) is 2.67. The molecule has 3 heterocycles. The van der Waals surface area contributed by atoms with E-state index < -0.39 is 0 Å². The van der Waals surface area contributed by atoms with Crippen LogP contribution in [0.3, 0.4) is 0 Å². The van der Waals surface area contributed by atoms with Gasteiger partial charge in [-0.1, -0.05) is 0 Å². The van der Waals surface area contributed by atoms with Gasteiger partial charge in [0, 0.05) is 19.3 Å². The van der Waals surface area contributed by atoms with Gasteiger partial charge in [-0.25, -0.2) is 9.97 Å². The lowest BCUT2D eigenvalue weighted by atomic mass is 9.98. The molecule has 1 unspecified atom stereocenters. The third-order valence-electron chi connectivity index (χ3n) is 4.08. The Morgan fingerprint density at radius 3 is 3.05 bits per heavy atom. The number of rotatable bonds is 3. The number of aromatic nitrogens is 3. The van der Waals surface area contributed by atoms with E-state index >= 15 is 0 Å². The summed E-state index contributed by atoms with van der Waals surface area (Å²) in [6.45, 7) is 5.37. The fraction of sp³-hybridized carbons (Fsp3) is 0.600. The summed E-state index contributed by atoms with van der Waals surface area (Å²) >= 11 is 6.07. The normalized spacial score (nSPS) is 20.6.